The standard InChI is InChI=1S/C13H15NO3.Na/c15-12(9-10-5-2-1-3-6-10)14-8-4-7-11(14)13(16)17;/h1-3,5-6,11H,4,7-9H2,(H,16,17);/q;+1/p-1/t11-;/m0./s1. The van der Waals surface area contributed by atoms with Gasteiger partial charge in [-0.1, -0.05) is 30.3 Å². The van der Waals surface area contributed by atoms with Crippen molar-refractivity contribution in [3.05, 3.63) is 35.9 Å². The van der Waals surface area contributed by atoms with E-state index in [4.69, 9.17) is 0 Å². The molecule has 0 aromatic heterocycles. The second kappa shape index (κ2) is 6.92. The fraction of sp³-hybridized carbons (Fsp3) is 0.385. The van der Waals surface area contributed by atoms with Gasteiger partial charge in [0.1, 0.15) is 0 Å². The molecule has 1 saturated heterocycles. The smallest absolute Gasteiger partial charge is 0.548 e. The Morgan fingerprint density at radius 1 is 1.28 bits per heavy atom. The Bertz CT molecular complexity index is 422. The van der Waals surface area contributed by atoms with E-state index in [0.29, 0.717) is 13.0 Å². The molecule has 0 radical (unpaired) electrons. The summed E-state index contributed by atoms with van der Waals surface area (Å²) in [4.78, 5) is 24.2. The Morgan fingerprint density at radius 3 is 2.56 bits per heavy atom. The quantitative estimate of drug-likeness (QED) is 0.540. The number of aliphatic carboxylic acids is 1. The molecule has 0 saturated carbocycles. The zero-order valence-corrected chi connectivity index (χ0v) is 12.5. The van der Waals surface area contributed by atoms with Crippen molar-refractivity contribution in [2.45, 2.75) is 25.3 Å². The van der Waals surface area contributed by atoms with Gasteiger partial charge in [0.15, 0.2) is 0 Å². The summed E-state index contributed by atoms with van der Waals surface area (Å²) >= 11 is 0. The van der Waals surface area contributed by atoms with E-state index in [9.17, 15) is 14.7 Å². The molecule has 0 unspecified atom stereocenters. The van der Waals surface area contributed by atoms with Crippen LogP contribution in [-0.2, 0) is 16.0 Å². The Kier molecular flexibility index (Phi) is 5.85. The third kappa shape index (κ3) is 3.57. The van der Waals surface area contributed by atoms with E-state index < -0.39 is 12.0 Å². The van der Waals surface area contributed by atoms with Crippen molar-refractivity contribution < 1.29 is 44.3 Å². The van der Waals surface area contributed by atoms with Crippen LogP contribution in [0.5, 0.6) is 0 Å². The fourth-order valence-electron chi connectivity index (χ4n) is 2.18. The monoisotopic (exact) mass is 255 g/mol. The zero-order valence-electron chi connectivity index (χ0n) is 10.5. The third-order valence-electron chi connectivity index (χ3n) is 3.04. The van der Waals surface area contributed by atoms with Gasteiger partial charge in [0.05, 0.1) is 18.4 Å². The van der Waals surface area contributed by atoms with Crippen LogP contribution in [0.3, 0.4) is 0 Å². The summed E-state index contributed by atoms with van der Waals surface area (Å²) in [6.45, 7) is 0.518. The first kappa shape index (κ1) is 15.2. The molecule has 1 fully saturated rings. The van der Waals surface area contributed by atoms with E-state index in [-0.39, 0.29) is 41.9 Å². The minimum absolute atomic E-state index is 0. The molecular formula is C13H14NNaO3. The van der Waals surface area contributed by atoms with Crippen molar-refractivity contribution in [2.75, 3.05) is 6.54 Å². The topological polar surface area (TPSA) is 60.4 Å². The molecule has 1 aliphatic rings. The van der Waals surface area contributed by atoms with Crippen LogP contribution < -0.4 is 34.7 Å². The van der Waals surface area contributed by atoms with Gasteiger partial charge >= 0.3 is 29.6 Å². The van der Waals surface area contributed by atoms with Crippen LogP contribution in [0.4, 0.5) is 0 Å². The molecule has 1 amide bonds. The Hall–Kier alpha value is -0.840. The zero-order chi connectivity index (χ0) is 12.3. The van der Waals surface area contributed by atoms with Gasteiger partial charge in [0, 0.05) is 6.54 Å². The van der Waals surface area contributed by atoms with Crippen LogP contribution in [-0.4, -0.2) is 29.4 Å². The second-order valence-corrected chi connectivity index (χ2v) is 4.23. The van der Waals surface area contributed by atoms with Crippen molar-refractivity contribution in [1.29, 1.82) is 0 Å². The van der Waals surface area contributed by atoms with E-state index in [0.717, 1.165) is 12.0 Å². The van der Waals surface area contributed by atoms with Crippen LogP contribution >= 0.6 is 0 Å². The van der Waals surface area contributed by atoms with Gasteiger partial charge in [-0.05, 0) is 18.4 Å². The molecule has 0 aliphatic carbocycles. The van der Waals surface area contributed by atoms with Gasteiger partial charge < -0.3 is 14.8 Å². The largest absolute Gasteiger partial charge is 1.00 e. The number of rotatable bonds is 3. The minimum atomic E-state index is -1.15. The van der Waals surface area contributed by atoms with Crippen molar-refractivity contribution in [3.63, 3.8) is 0 Å². The fourth-order valence-corrected chi connectivity index (χ4v) is 2.18. The van der Waals surface area contributed by atoms with Crippen LogP contribution in [0.25, 0.3) is 0 Å². The molecule has 5 heteroatoms. The molecule has 0 N–H and O–H groups in total. The van der Waals surface area contributed by atoms with E-state index in [1.165, 1.54) is 4.90 Å². The predicted octanol–water partition coefficient (Wildman–Crippen LogP) is -3.03. The SMILES string of the molecule is O=C([O-])[C@@H]1CCCN1C(=O)Cc1ccccc1.[Na+]. The number of carbonyl (C=O) groups is 2. The van der Waals surface area contributed by atoms with Gasteiger partial charge in [0.2, 0.25) is 5.91 Å². The molecule has 1 heterocycles. The van der Waals surface area contributed by atoms with Crippen LogP contribution in [0, 0.1) is 0 Å². The maximum Gasteiger partial charge on any atom is 1.00 e. The van der Waals surface area contributed by atoms with Gasteiger partial charge in [-0.3, -0.25) is 4.79 Å². The normalized spacial score (nSPS) is 18.2. The Labute approximate surface area is 128 Å². The first-order valence-corrected chi connectivity index (χ1v) is 5.73. The second-order valence-electron chi connectivity index (χ2n) is 4.23. The molecular weight excluding hydrogens is 241 g/mol. The van der Waals surface area contributed by atoms with Gasteiger partial charge in [-0.15, -0.1) is 0 Å². The number of carboxylic acid groups (broad SMARTS) is 1. The van der Waals surface area contributed by atoms with Crippen molar-refractivity contribution >= 4 is 11.9 Å². The third-order valence-corrected chi connectivity index (χ3v) is 3.04. The average Bonchev–Trinajstić information content (AvgIpc) is 2.79. The average molecular weight is 255 g/mol. The summed E-state index contributed by atoms with van der Waals surface area (Å²) in [6, 6.07) is 8.59. The first-order valence-electron chi connectivity index (χ1n) is 5.73. The summed E-state index contributed by atoms with van der Waals surface area (Å²) in [6.07, 6.45) is 1.49. The number of hydrogen-bond donors (Lipinski definition) is 0. The summed E-state index contributed by atoms with van der Waals surface area (Å²) in [5.74, 6) is -1.29. The summed E-state index contributed by atoms with van der Waals surface area (Å²) in [5.41, 5.74) is 0.904. The van der Waals surface area contributed by atoms with Crippen molar-refractivity contribution in [1.82, 2.24) is 4.90 Å². The molecule has 0 spiro atoms. The predicted molar refractivity (Wildman–Crippen MR) is 59.9 cm³/mol. The Balaban J connectivity index is 0.00000162. The molecule has 90 valence electrons. The number of carbonyl (C=O) groups excluding carboxylic acids is 2. The van der Waals surface area contributed by atoms with Crippen LogP contribution in [0.1, 0.15) is 18.4 Å². The van der Waals surface area contributed by atoms with E-state index in [1.807, 2.05) is 30.3 Å². The molecule has 1 aliphatic heterocycles. The molecule has 4 nitrogen and oxygen atoms in total. The molecule has 1 aromatic carbocycles. The number of nitrogens with zero attached hydrogens (tertiary/aromatic N) is 1. The van der Waals surface area contributed by atoms with Crippen LogP contribution in [0.15, 0.2) is 30.3 Å². The number of hydrogen-bond acceptors (Lipinski definition) is 3. The van der Waals surface area contributed by atoms with Gasteiger partial charge in [-0.25, -0.2) is 0 Å². The summed E-state index contributed by atoms with van der Waals surface area (Å²) < 4.78 is 0. The maximum atomic E-state index is 12.0. The molecule has 2 rings (SSSR count). The summed E-state index contributed by atoms with van der Waals surface area (Å²) in [7, 11) is 0. The molecule has 1 atom stereocenters. The minimum Gasteiger partial charge on any atom is -0.548 e. The molecule has 1 aromatic rings. The van der Waals surface area contributed by atoms with E-state index in [2.05, 4.69) is 0 Å². The molecule has 0 bridgehead atoms. The van der Waals surface area contributed by atoms with E-state index in [1.54, 1.807) is 0 Å². The number of benzene rings is 1. The molecule has 18 heavy (non-hydrogen) atoms. The van der Waals surface area contributed by atoms with Crippen molar-refractivity contribution in [2.24, 2.45) is 0 Å². The van der Waals surface area contributed by atoms with Crippen molar-refractivity contribution in [3.8, 4) is 0 Å². The maximum absolute atomic E-state index is 12.0. The van der Waals surface area contributed by atoms with Gasteiger partial charge in [-0.2, -0.15) is 0 Å². The van der Waals surface area contributed by atoms with Gasteiger partial charge in [0.25, 0.3) is 0 Å². The Morgan fingerprint density at radius 2 is 1.94 bits per heavy atom. The summed E-state index contributed by atoms with van der Waals surface area (Å²) in [5, 5.41) is 10.9. The number of likely N-dealkylation sites (tertiary alicyclic amines) is 1. The first-order chi connectivity index (χ1) is 8.18. The number of amides is 1. The van der Waals surface area contributed by atoms with E-state index >= 15 is 0 Å². The van der Waals surface area contributed by atoms with Crippen LogP contribution in [0.2, 0.25) is 0 Å². The number of carboxylic acids is 1.